The number of nitrogens with one attached hydrogen (secondary N) is 1. The number of ether oxygens (including phenoxy) is 1. The summed E-state index contributed by atoms with van der Waals surface area (Å²) < 4.78 is 5.44. The van der Waals surface area contributed by atoms with E-state index < -0.39 is 0 Å². The molecule has 1 aromatic carbocycles. The fourth-order valence-corrected chi connectivity index (χ4v) is 4.56. The molecule has 28 heavy (non-hydrogen) atoms. The van der Waals surface area contributed by atoms with E-state index in [1.54, 1.807) is 12.3 Å². The molecule has 0 radical (unpaired) electrons. The Hall–Kier alpha value is -1.73. The van der Waals surface area contributed by atoms with Crippen LogP contribution >= 0.6 is 11.6 Å². The van der Waals surface area contributed by atoms with Crippen LogP contribution < -0.4 is 11.1 Å². The second-order valence-corrected chi connectivity index (χ2v) is 8.20. The molecule has 2 aromatic rings. The minimum Gasteiger partial charge on any atom is -0.381 e. The number of piperidine rings is 1. The van der Waals surface area contributed by atoms with Crippen molar-refractivity contribution in [3.63, 3.8) is 0 Å². The Morgan fingerprint density at radius 1 is 1.25 bits per heavy atom. The number of amides is 1. The molecule has 3 heterocycles. The summed E-state index contributed by atoms with van der Waals surface area (Å²) in [6, 6.07) is 8.98. The number of alkyl halides is 1. The van der Waals surface area contributed by atoms with Crippen LogP contribution in [0.5, 0.6) is 0 Å². The summed E-state index contributed by atoms with van der Waals surface area (Å²) in [6.45, 7) is 3.43. The normalized spacial score (nSPS) is 27.0. The van der Waals surface area contributed by atoms with Crippen LogP contribution in [0.1, 0.15) is 29.6 Å². The van der Waals surface area contributed by atoms with Crippen LogP contribution in [0.4, 0.5) is 0 Å². The molecule has 2 aliphatic heterocycles. The summed E-state index contributed by atoms with van der Waals surface area (Å²) in [4.78, 5) is 19.5. The Labute approximate surface area is 170 Å². The summed E-state index contributed by atoms with van der Waals surface area (Å²) in [6.07, 6.45) is 4.64. The molecule has 1 aromatic heterocycles. The van der Waals surface area contributed by atoms with Gasteiger partial charge < -0.3 is 15.8 Å². The third-order valence-corrected chi connectivity index (χ3v) is 6.45. The van der Waals surface area contributed by atoms with Crippen LogP contribution in [0.15, 0.2) is 36.5 Å². The number of carbonyl (C=O) groups is 1. The van der Waals surface area contributed by atoms with Gasteiger partial charge in [-0.15, -0.1) is 11.6 Å². The fraction of sp³-hybridized carbons (Fsp3) is 0.524. The van der Waals surface area contributed by atoms with Crippen molar-refractivity contribution in [3.05, 3.63) is 42.1 Å². The lowest BCUT2D eigenvalue weighted by atomic mass is 9.95. The first kappa shape index (κ1) is 19.6. The number of carbonyl (C=O) groups excluding carboxylic acids is 1. The molecular weight excluding hydrogens is 376 g/mol. The highest BCUT2D eigenvalue weighted by Crippen LogP contribution is 2.25. The fourth-order valence-electron chi connectivity index (χ4n) is 4.21. The second kappa shape index (κ2) is 8.74. The first-order valence-corrected chi connectivity index (χ1v) is 10.4. The zero-order valence-electron chi connectivity index (χ0n) is 15.9. The number of rotatable bonds is 4. The zero-order chi connectivity index (χ0) is 19.5. The molecule has 0 spiro atoms. The summed E-state index contributed by atoms with van der Waals surface area (Å²) in [7, 11) is 0. The van der Waals surface area contributed by atoms with Crippen LogP contribution in [-0.2, 0) is 4.74 Å². The summed E-state index contributed by atoms with van der Waals surface area (Å²) in [5.74, 6) is 0.460. The van der Waals surface area contributed by atoms with E-state index in [1.807, 2.05) is 24.3 Å². The SMILES string of the molecule is NC1C(NC(=O)c2cccc3cccnc23)CCN(CC2CCOCC2)C1Cl. The summed E-state index contributed by atoms with van der Waals surface area (Å²) in [5.41, 5.74) is 7.42. The van der Waals surface area contributed by atoms with E-state index in [-0.39, 0.29) is 23.5 Å². The predicted molar refractivity (Wildman–Crippen MR) is 110 cm³/mol. The van der Waals surface area contributed by atoms with E-state index in [2.05, 4.69) is 15.2 Å². The quantitative estimate of drug-likeness (QED) is 0.606. The second-order valence-electron chi connectivity index (χ2n) is 7.75. The van der Waals surface area contributed by atoms with Gasteiger partial charge in [-0.1, -0.05) is 18.2 Å². The molecule has 0 saturated carbocycles. The number of nitrogens with zero attached hydrogens (tertiary/aromatic N) is 2. The molecule has 1 amide bonds. The highest BCUT2D eigenvalue weighted by Gasteiger charge is 2.36. The summed E-state index contributed by atoms with van der Waals surface area (Å²) in [5, 5.41) is 4.04. The number of halogens is 1. The van der Waals surface area contributed by atoms with Gasteiger partial charge in [0.05, 0.1) is 17.1 Å². The molecule has 0 bridgehead atoms. The van der Waals surface area contributed by atoms with E-state index in [1.165, 1.54) is 0 Å². The number of benzene rings is 1. The van der Waals surface area contributed by atoms with Gasteiger partial charge in [-0.2, -0.15) is 0 Å². The lowest BCUT2D eigenvalue weighted by Crippen LogP contribution is -2.62. The van der Waals surface area contributed by atoms with Crippen molar-refractivity contribution in [2.24, 2.45) is 11.7 Å². The largest absolute Gasteiger partial charge is 0.381 e. The number of nitrogens with two attached hydrogens (primary N) is 1. The summed E-state index contributed by atoms with van der Waals surface area (Å²) >= 11 is 6.68. The Kier molecular flexibility index (Phi) is 6.11. The van der Waals surface area contributed by atoms with Gasteiger partial charge in [-0.25, -0.2) is 0 Å². The zero-order valence-corrected chi connectivity index (χ0v) is 16.6. The van der Waals surface area contributed by atoms with Gasteiger partial charge in [0.15, 0.2) is 0 Å². The highest BCUT2D eigenvalue weighted by atomic mass is 35.5. The lowest BCUT2D eigenvalue weighted by Gasteiger charge is -2.42. The standard InChI is InChI=1S/C21H27ClN4O2/c22-20-18(23)17(6-10-26(20)13-14-7-11-28-12-8-14)25-21(27)16-5-1-3-15-4-2-9-24-19(15)16/h1-5,9,14,17-18,20H,6-8,10-13,23H2,(H,25,27). The van der Waals surface area contributed by atoms with E-state index >= 15 is 0 Å². The molecular formula is C21H27ClN4O2. The predicted octanol–water partition coefficient (Wildman–Crippen LogP) is 2.36. The smallest absolute Gasteiger partial charge is 0.253 e. The Bertz CT molecular complexity index is 822. The Balaban J connectivity index is 1.40. The minimum absolute atomic E-state index is 0.147. The Morgan fingerprint density at radius 3 is 2.86 bits per heavy atom. The topological polar surface area (TPSA) is 80.5 Å². The van der Waals surface area contributed by atoms with Crippen molar-refractivity contribution in [2.45, 2.75) is 36.8 Å². The van der Waals surface area contributed by atoms with Crippen LogP contribution in [0, 0.1) is 5.92 Å². The van der Waals surface area contributed by atoms with Gasteiger partial charge in [-0.05, 0) is 37.3 Å². The molecule has 6 nitrogen and oxygen atoms in total. The van der Waals surface area contributed by atoms with Crippen molar-refractivity contribution in [2.75, 3.05) is 26.3 Å². The van der Waals surface area contributed by atoms with Crippen molar-refractivity contribution < 1.29 is 9.53 Å². The first-order valence-electron chi connectivity index (χ1n) is 9.99. The number of para-hydroxylation sites is 1. The molecule has 3 atom stereocenters. The molecule has 4 rings (SSSR count). The average molecular weight is 403 g/mol. The first-order chi connectivity index (χ1) is 13.6. The van der Waals surface area contributed by atoms with Crippen LogP contribution in [0.25, 0.3) is 10.9 Å². The molecule has 150 valence electrons. The van der Waals surface area contributed by atoms with Gasteiger partial charge in [0.1, 0.15) is 5.50 Å². The van der Waals surface area contributed by atoms with Gasteiger partial charge >= 0.3 is 0 Å². The molecule has 7 heteroatoms. The van der Waals surface area contributed by atoms with Crippen LogP contribution in [-0.4, -0.2) is 59.7 Å². The third-order valence-electron chi connectivity index (χ3n) is 5.89. The molecule has 0 aliphatic carbocycles. The maximum Gasteiger partial charge on any atom is 0.253 e. The lowest BCUT2D eigenvalue weighted by molar-refractivity contribution is 0.0414. The molecule has 3 N–H and O–H groups in total. The molecule has 2 aliphatic rings. The highest BCUT2D eigenvalue weighted by molar-refractivity contribution is 6.21. The van der Waals surface area contributed by atoms with Gasteiger partial charge in [0.2, 0.25) is 0 Å². The molecule has 3 unspecified atom stereocenters. The average Bonchev–Trinajstić information content (AvgIpc) is 2.73. The van der Waals surface area contributed by atoms with Crippen molar-refractivity contribution >= 4 is 28.4 Å². The van der Waals surface area contributed by atoms with Gasteiger partial charge in [0, 0.05) is 43.9 Å². The number of pyridine rings is 1. The Morgan fingerprint density at radius 2 is 2.04 bits per heavy atom. The van der Waals surface area contributed by atoms with E-state index in [4.69, 9.17) is 22.1 Å². The van der Waals surface area contributed by atoms with Crippen LogP contribution in [0.2, 0.25) is 0 Å². The molecule has 2 fully saturated rings. The molecule has 2 saturated heterocycles. The monoisotopic (exact) mass is 402 g/mol. The number of hydrogen-bond donors (Lipinski definition) is 2. The van der Waals surface area contributed by atoms with Crippen molar-refractivity contribution in [1.29, 1.82) is 0 Å². The number of aromatic nitrogens is 1. The minimum atomic E-state index is -0.317. The van der Waals surface area contributed by atoms with Gasteiger partial charge in [-0.3, -0.25) is 14.7 Å². The number of hydrogen-bond acceptors (Lipinski definition) is 5. The van der Waals surface area contributed by atoms with E-state index in [0.717, 1.165) is 51.0 Å². The maximum absolute atomic E-state index is 12.9. The maximum atomic E-state index is 12.9. The van der Waals surface area contributed by atoms with Crippen molar-refractivity contribution in [3.8, 4) is 0 Å². The van der Waals surface area contributed by atoms with Gasteiger partial charge in [0.25, 0.3) is 5.91 Å². The van der Waals surface area contributed by atoms with E-state index in [9.17, 15) is 4.79 Å². The number of fused-ring (bicyclic) bond motifs is 1. The number of likely N-dealkylation sites (tertiary alicyclic amines) is 1. The van der Waals surface area contributed by atoms with E-state index in [0.29, 0.717) is 17.0 Å². The van der Waals surface area contributed by atoms with Crippen LogP contribution in [0.3, 0.4) is 0 Å². The third kappa shape index (κ3) is 4.15. The van der Waals surface area contributed by atoms with Crippen molar-refractivity contribution in [1.82, 2.24) is 15.2 Å².